The number of hydrogen-bond acceptors (Lipinski definition) is 2. The van der Waals surface area contributed by atoms with Crippen molar-refractivity contribution in [2.75, 3.05) is 0 Å². The average molecular weight is 531 g/mol. The maximum atomic E-state index is 13.6. The molecule has 3 nitrogen and oxygen atoms in total. The summed E-state index contributed by atoms with van der Waals surface area (Å²) in [6.07, 6.45) is 0. The molecule has 2 aromatic heterocycles. The normalized spacial score (nSPS) is 11.5. The summed E-state index contributed by atoms with van der Waals surface area (Å²) in [5.41, 5.74) is 9.91. The maximum Gasteiger partial charge on any atom is 0.145 e. The third-order valence-electron chi connectivity index (χ3n) is 7.70. The zero-order chi connectivity index (χ0) is 27.3. The third kappa shape index (κ3) is 3.92. The monoisotopic (exact) mass is 530 g/mol. The van der Waals surface area contributed by atoms with E-state index in [-0.39, 0.29) is 5.82 Å². The van der Waals surface area contributed by atoms with Gasteiger partial charge in [-0.15, -0.1) is 0 Å². The van der Waals surface area contributed by atoms with Crippen molar-refractivity contribution in [2.24, 2.45) is 0 Å². The van der Waals surface area contributed by atoms with E-state index in [1.54, 1.807) is 12.1 Å². The van der Waals surface area contributed by atoms with Crippen LogP contribution in [0.1, 0.15) is 0 Å². The highest BCUT2D eigenvalue weighted by Crippen LogP contribution is 2.38. The van der Waals surface area contributed by atoms with Gasteiger partial charge in [-0.3, -0.25) is 4.57 Å². The van der Waals surface area contributed by atoms with Gasteiger partial charge in [0.1, 0.15) is 22.8 Å². The fourth-order valence-corrected chi connectivity index (χ4v) is 5.73. The van der Waals surface area contributed by atoms with Crippen LogP contribution in [0.3, 0.4) is 0 Å². The van der Waals surface area contributed by atoms with Crippen LogP contribution < -0.4 is 0 Å². The van der Waals surface area contributed by atoms with Crippen molar-refractivity contribution in [3.8, 4) is 39.3 Å². The first-order valence-electron chi connectivity index (χ1n) is 13.6. The van der Waals surface area contributed by atoms with Crippen molar-refractivity contribution in [1.82, 2.24) is 9.55 Å². The number of hydrogen-bond donors (Lipinski definition) is 0. The Balaban J connectivity index is 1.35. The van der Waals surface area contributed by atoms with Crippen molar-refractivity contribution in [3.63, 3.8) is 0 Å². The lowest BCUT2D eigenvalue weighted by Gasteiger charge is -2.15. The lowest BCUT2D eigenvalue weighted by atomic mass is 10.0. The molecule has 0 aliphatic rings. The molecule has 0 unspecified atom stereocenters. The smallest absolute Gasteiger partial charge is 0.145 e. The van der Waals surface area contributed by atoms with Crippen molar-refractivity contribution < 1.29 is 8.81 Å². The van der Waals surface area contributed by atoms with E-state index in [4.69, 9.17) is 9.40 Å². The fourth-order valence-electron chi connectivity index (χ4n) is 5.73. The van der Waals surface area contributed by atoms with E-state index >= 15 is 0 Å². The summed E-state index contributed by atoms with van der Waals surface area (Å²) < 4.78 is 22.0. The summed E-state index contributed by atoms with van der Waals surface area (Å²) in [4.78, 5) is 5.14. The second kappa shape index (κ2) is 9.32. The SMILES string of the molecule is Fc1ccc(-c2ccc3oc4ccc(-c5nc6ccccc6n5-c5ccccc5-c5ccccc5)cc4c3c2)cc1. The van der Waals surface area contributed by atoms with Gasteiger partial charge in [0.2, 0.25) is 0 Å². The van der Waals surface area contributed by atoms with Crippen LogP contribution in [0.15, 0.2) is 144 Å². The molecule has 0 bridgehead atoms. The highest BCUT2D eigenvalue weighted by Gasteiger charge is 2.19. The van der Waals surface area contributed by atoms with Gasteiger partial charge in [-0.05, 0) is 77.4 Å². The largest absolute Gasteiger partial charge is 0.456 e. The molecule has 0 fully saturated rings. The first-order valence-corrected chi connectivity index (χ1v) is 13.6. The molecule has 8 rings (SSSR count). The third-order valence-corrected chi connectivity index (χ3v) is 7.70. The van der Waals surface area contributed by atoms with E-state index in [0.717, 1.165) is 72.3 Å². The quantitative estimate of drug-likeness (QED) is 0.227. The van der Waals surface area contributed by atoms with Crippen LogP contribution in [0.25, 0.3) is 72.3 Å². The van der Waals surface area contributed by atoms with E-state index in [1.165, 1.54) is 12.1 Å². The fraction of sp³-hybridized carbons (Fsp3) is 0. The summed E-state index contributed by atoms with van der Waals surface area (Å²) >= 11 is 0. The minimum atomic E-state index is -0.245. The highest BCUT2D eigenvalue weighted by molar-refractivity contribution is 6.07. The molecule has 0 amide bonds. The maximum absolute atomic E-state index is 13.6. The molecule has 194 valence electrons. The molecule has 0 aliphatic heterocycles. The molecule has 6 aromatic carbocycles. The van der Waals surface area contributed by atoms with Gasteiger partial charge in [-0.1, -0.05) is 78.9 Å². The minimum absolute atomic E-state index is 0.245. The molecule has 0 N–H and O–H groups in total. The number of aromatic nitrogens is 2. The molecule has 0 atom stereocenters. The summed E-state index contributed by atoms with van der Waals surface area (Å²) in [5, 5.41) is 2.02. The molecule has 0 saturated heterocycles. The van der Waals surface area contributed by atoms with Crippen molar-refractivity contribution in [2.45, 2.75) is 0 Å². The summed E-state index contributed by atoms with van der Waals surface area (Å²) in [7, 11) is 0. The van der Waals surface area contributed by atoms with Gasteiger partial charge in [0, 0.05) is 21.9 Å². The van der Waals surface area contributed by atoms with Gasteiger partial charge in [0.15, 0.2) is 0 Å². The molecule has 0 radical (unpaired) electrons. The molecule has 41 heavy (non-hydrogen) atoms. The van der Waals surface area contributed by atoms with E-state index in [9.17, 15) is 4.39 Å². The molecular weight excluding hydrogens is 507 g/mol. The number of benzene rings is 6. The Kier molecular flexibility index (Phi) is 5.32. The van der Waals surface area contributed by atoms with Gasteiger partial charge in [-0.2, -0.15) is 0 Å². The number of para-hydroxylation sites is 3. The number of furan rings is 1. The second-order valence-electron chi connectivity index (χ2n) is 10.2. The Morgan fingerprint density at radius 3 is 1.98 bits per heavy atom. The Labute approximate surface area is 235 Å². The van der Waals surface area contributed by atoms with Crippen LogP contribution in [-0.2, 0) is 0 Å². The topological polar surface area (TPSA) is 31.0 Å². The van der Waals surface area contributed by atoms with E-state index in [2.05, 4.69) is 89.5 Å². The zero-order valence-corrected chi connectivity index (χ0v) is 22.0. The van der Waals surface area contributed by atoms with Crippen LogP contribution in [0.4, 0.5) is 4.39 Å². The molecule has 8 aromatic rings. The first-order chi connectivity index (χ1) is 20.2. The molecular formula is C37H23FN2O. The van der Waals surface area contributed by atoms with Gasteiger partial charge < -0.3 is 4.42 Å². The first kappa shape index (κ1) is 23.4. The minimum Gasteiger partial charge on any atom is -0.456 e. The highest BCUT2D eigenvalue weighted by atomic mass is 19.1. The predicted molar refractivity (Wildman–Crippen MR) is 165 cm³/mol. The van der Waals surface area contributed by atoms with Crippen molar-refractivity contribution >= 4 is 33.0 Å². The van der Waals surface area contributed by atoms with E-state index in [0.29, 0.717) is 0 Å². The predicted octanol–water partition coefficient (Wildman–Crippen LogP) is 10.1. The summed E-state index contributed by atoms with van der Waals surface area (Å²) in [5.74, 6) is 0.616. The van der Waals surface area contributed by atoms with Crippen molar-refractivity contribution in [3.05, 3.63) is 145 Å². The van der Waals surface area contributed by atoms with Gasteiger partial charge in [-0.25, -0.2) is 9.37 Å². The number of fused-ring (bicyclic) bond motifs is 4. The summed E-state index contributed by atoms with van der Waals surface area (Å²) in [6.45, 7) is 0. The van der Waals surface area contributed by atoms with Crippen LogP contribution >= 0.6 is 0 Å². The van der Waals surface area contributed by atoms with Gasteiger partial charge in [0.05, 0.1) is 16.7 Å². The Hall–Kier alpha value is -5.48. The molecule has 0 saturated carbocycles. The molecule has 2 heterocycles. The number of halogens is 1. The number of nitrogens with zero attached hydrogens (tertiary/aromatic N) is 2. The van der Waals surface area contributed by atoms with Crippen LogP contribution in [0.5, 0.6) is 0 Å². The van der Waals surface area contributed by atoms with Crippen LogP contribution in [0, 0.1) is 5.82 Å². The number of rotatable bonds is 4. The average Bonchev–Trinajstić information content (AvgIpc) is 3.60. The standard InChI is InChI=1S/C37H23FN2O/c38-28-18-14-24(15-19-28)26-16-20-35-30(22-26)31-23-27(17-21-36(31)41-35)37-39-32-11-5-7-13-34(32)40(37)33-12-6-4-10-29(33)25-8-2-1-3-9-25/h1-23H. The molecule has 4 heteroatoms. The van der Waals surface area contributed by atoms with E-state index in [1.807, 2.05) is 30.3 Å². The van der Waals surface area contributed by atoms with E-state index < -0.39 is 0 Å². The zero-order valence-electron chi connectivity index (χ0n) is 22.0. The lowest BCUT2D eigenvalue weighted by Crippen LogP contribution is -2.00. The Bertz CT molecular complexity index is 2210. The number of imidazole rings is 1. The van der Waals surface area contributed by atoms with Crippen molar-refractivity contribution in [1.29, 1.82) is 0 Å². The lowest BCUT2D eigenvalue weighted by molar-refractivity contribution is 0.628. The van der Waals surface area contributed by atoms with Gasteiger partial charge in [0.25, 0.3) is 0 Å². The summed E-state index contributed by atoms with van der Waals surface area (Å²) in [6, 6.07) is 46.1. The van der Waals surface area contributed by atoms with Crippen LogP contribution in [-0.4, -0.2) is 9.55 Å². The molecule has 0 spiro atoms. The van der Waals surface area contributed by atoms with Crippen LogP contribution in [0.2, 0.25) is 0 Å². The second-order valence-corrected chi connectivity index (χ2v) is 10.2. The van der Waals surface area contributed by atoms with Gasteiger partial charge >= 0.3 is 0 Å². The molecule has 0 aliphatic carbocycles. The Morgan fingerprint density at radius 1 is 0.537 bits per heavy atom. The Morgan fingerprint density at radius 2 is 1.17 bits per heavy atom.